The molecule has 0 aliphatic rings. The van der Waals surface area contributed by atoms with E-state index in [0.717, 1.165) is 69.5 Å². The van der Waals surface area contributed by atoms with E-state index >= 15 is 0 Å². The average Bonchev–Trinajstić information content (AvgIpc) is 3.32. The van der Waals surface area contributed by atoms with Gasteiger partial charge in [0.15, 0.2) is 0 Å². The van der Waals surface area contributed by atoms with Gasteiger partial charge >= 0.3 is 0 Å². The minimum atomic E-state index is -0.833. The molecule has 4 aromatic carbocycles. The van der Waals surface area contributed by atoms with E-state index in [1.165, 1.54) is 0 Å². The van der Waals surface area contributed by atoms with Gasteiger partial charge in [-0.1, -0.05) is 60.7 Å². The summed E-state index contributed by atoms with van der Waals surface area (Å²) in [6.07, 6.45) is 2.84. The normalized spacial score (nSPS) is 10.9. The van der Waals surface area contributed by atoms with Crippen LogP contribution >= 0.6 is 0 Å². The van der Waals surface area contributed by atoms with Gasteiger partial charge in [-0.15, -0.1) is 0 Å². The van der Waals surface area contributed by atoms with Crippen LogP contribution in [0.15, 0.2) is 95.9 Å². The number of H-pyrrole nitrogens is 1. The molecule has 0 bridgehead atoms. The van der Waals surface area contributed by atoms with Crippen molar-refractivity contribution in [3.8, 4) is 17.0 Å². The van der Waals surface area contributed by atoms with Gasteiger partial charge in [-0.05, 0) is 48.2 Å². The summed E-state index contributed by atoms with van der Waals surface area (Å²) in [7, 11) is 0. The second-order valence-corrected chi connectivity index (χ2v) is 9.45. The Morgan fingerprint density at radius 3 is 2.52 bits per heavy atom. The van der Waals surface area contributed by atoms with Crippen LogP contribution in [0, 0.1) is 0 Å². The van der Waals surface area contributed by atoms with Crippen molar-refractivity contribution in [3.05, 3.63) is 107 Å². The number of nitrogens with one attached hydrogen (secondary N) is 1. The largest absolute Gasteiger partial charge is 0.489 e. The van der Waals surface area contributed by atoms with Gasteiger partial charge in [-0.2, -0.15) is 0 Å². The third kappa shape index (κ3) is 5.72. The van der Waals surface area contributed by atoms with E-state index in [1.54, 1.807) is 0 Å². The van der Waals surface area contributed by atoms with Crippen molar-refractivity contribution in [2.45, 2.75) is 26.5 Å². The van der Waals surface area contributed by atoms with Gasteiger partial charge in [0.2, 0.25) is 0 Å². The molecule has 0 aliphatic carbocycles. The van der Waals surface area contributed by atoms with Crippen molar-refractivity contribution in [1.29, 1.82) is 0 Å². The van der Waals surface area contributed by atoms with Crippen LogP contribution in [0.5, 0.6) is 5.75 Å². The maximum Gasteiger partial charge on any atom is 0.300 e. The van der Waals surface area contributed by atoms with Crippen LogP contribution < -0.4 is 16.0 Å². The summed E-state index contributed by atoms with van der Waals surface area (Å²) in [5.74, 6) is -0.0909. The lowest BCUT2D eigenvalue weighted by Crippen LogP contribution is -2.11. The minimum Gasteiger partial charge on any atom is -0.489 e. The monoisotopic (exact) mass is 534 g/mol. The van der Waals surface area contributed by atoms with Crippen LogP contribution in [0.1, 0.15) is 18.9 Å². The van der Waals surface area contributed by atoms with Crippen molar-refractivity contribution in [2.75, 3.05) is 6.54 Å². The minimum absolute atomic E-state index is 0.216. The Morgan fingerprint density at radius 2 is 1.75 bits per heavy atom. The molecule has 4 N–H and O–H groups in total. The van der Waals surface area contributed by atoms with Crippen molar-refractivity contribution in [1.82, 2.24) is 14.5 Å². The Morgan fingerprint density at radius 1 is 1.00 bits per heavy atom. The lowest BCUT2D eigenvalue weighted by molar-refractivity contribution is -0.134. The molecule has 0 atom stereocenters. The number of hydrogen-bond donors (Lipinski definition) is 3. The molecule has 6 aromatic rings. The highest BCUT2D eigenvalue weighted by Crippen LogP contribution is 2.33. The number of nitrogens with two attached hydrogens (primary N) is 1. The molecule has 0 spiro atoms. The van der Waals surface area contributed by atoms with Crippen molar-refractivity contribution >= 4 is 38.7 Å². The summed E-state index contributed by atoms with van der Waals surface area (Å²) >= 11 is 0. The highest BCUT2D eigenvalue weighted by Gasteiger charge is 2.17. The molecular weight excluding hydrogens is 504 g/mol. The highest BCUT2D eigenvalue weighted by molar-refractivity contribution is 6.05. The van der Waals surface area contributed by atoms with E-state index in [2.05, 4.69) is 15.6 Å². The molecule has 6 rings (SSSR count). The Hall–Kier alpha value is -4.95. The fourth-order valence-corrected chi connectivity index (χ4v) is 4.75. The Balaban J connectivity index is 0.000000758. The zero-order valence-corrected chi connectivity index (χ0v) is 22.1. The molecule has 202 valence electrons. The zero-order valence-electron chi connectivity index (χ0n) is 22.1. The second kappa shape index (κ2) is 11.8. The number of fused-ring (bicyclic) bond motifs is 4. The number of rotatable bonds is 7. The van der Waals surface area contributed by atoms with Gasteiger partial charge < -0.3 is 25.1 Å². The number of hydrogen-bond acceptors (Lipinski definition) is 5. The molecule has 0 fully saturated rings. The first-order valence-corrected chi connectivity index (χ1v) is 13.1. The van der Waals surface area contributed by atoms with E-state index in [4.69, 9.17) is 25.4 Å². The predicted molar refractivity (Wildman–Crippen MR) is 159 cm³/mol. The summed E-state index contributed by atoms with van der Waals surface area (Å²) in [4.78, 5) is 30.2. The van der Waals surface area contributed by atoms with Crippen LogP contribution in [0.25, 0.3) is 44.0 Å². The predicted octanol–water partition coefficient (Wildman–Crippen LogP) is 5.72. The Labute approximate surface area is 230 Å². The summed E-state index contributed by atoms with van der Waals surface area (Å²) in [6, 6.07) is 28.1. The van der Waals surface area contributed by atoms with E-state index < -0.39 is 5.97 Å². The van der Waals surface area contributed by atoms with Gasteiger partial charge in [-0.25, -0.2) is 4.98 Å². The summed E-state index contributed by atoms with van der Waals surface area (Å²) in [5, 5.41) is 10.4. The molecular formula is C32H30N4O4. The summed E-state index contributed by atoms with van der Waals surface area (Å²) < 4.78 is 8.25. The molecule has 2 heterocycles. The number of carboxylic acid groups (broad SMARTS) is 1. The van der Waals surface area contributed by atoms with Crippen LogP contribution in [-0.2, 0) is 17.9 Å². The van der Waals surface area contributed by atoms with E-state index in [-0.39, 0.29) is 5.56 Å². The van der Waals surface area contributed by atoms with Crippen molar-refractivity contribution in [3.63, 3.8) is 0 Å². The van der Waals surface area contributed by atoms with Crippen LogP contribution in [-0.4, -0.2) is 32.2 Å². The molecule has 40 heavy (non-hydrogen) atoms. The number of carbonyl (C=O) groups is 1. The molecule has 8 heteroatoms. The first-order chi connectivity index (χ1) is 19.4. The fraction of sp³-hybridized carbons (Fsp3) is 0.156. The standard InChI is InChI=1S/C30H26N4O2.C2H4O2/c31-15-6-16-34-18-25(24-17-22(12-14-27(24)34)36-19-20-7-2-1-3-8-20)29-30(35)32-26-13-11-21-9-4-5-10-23(21)28(26)33-29;1-2(3)4/h1-5,7-14,17-18H,6,15-16,19,31H2,(H,32,35);1H3,(H,3,4). The fourth-order valence-electron chi connectivity index (χ4n) is 4.75. The van der Waals surface area contributed by atoms with Gasteiger partial charge in [-0.3, -0.25) is 9.59 Å². The number of aromatic nitrogens is 3. The van der Waals surface area contributed by atoms with E-state index in [9.17, 15) is 4.79 Å². The molecule has 0 unspecified atom stereocenters. The third-order valence-electron chi connectivity index (χ3n) is 6.55. The maximum atomic E-state index is 13.3. The maximum absolute atomic E-state index is 13.3. The number of aryl methyl sites for hydroxylation is 1. The SMILES string of the molecule is CC(=O)O.NCCCn1cc(-c2nc3c(ccc4ccccc43)[nH]c2=O)c2cc(OCc3ccccc3)ccc21. The van der Waals surface area contributed by atoms with Gasteiger partial charge in [0.1, 0.15) is 18.1 Å². The number of benzene rings is 4. The number of aliphatic carboxylic acids is 1. The molecule has 0 amide bonds. The van der Waals surface area contributed by atoms with Crippen molar-refractivity contribution in [2.24, 2.45) is 5.73 Å². The smallest absolute Gasteiger partial charge is 0.300 e. The second-order valence-electron chi connectivity index (χ2n) is 9.45. The molecule has 0 saturated carbocycles. The average molecular weight is 535 g/mol. The highest BCUT2D eigenvalue weighted by atomic mass is 16.5. The number of ether oxygens (including phenoxy) is 1. The molecule has 0 radical (unpaired) electrons. The van der Waals surface area contributed by atoms with Crippen LogP contribution in [0.4, 0.5) is 0 Å². The van der Waals surface area contributed by atoms with Gasteiger partial charge in [0, 0.05) is 41.5 Å². The Bertz CT molecular complexity index is 1850. The number of carboxylic acids is 1. The number of nitrogens with zero attached hydrogens (tertiary/aromatic N) is 2. The van der Waals surface area contributed by atoms with Crippen LogP contribution in [0.2, 0.25) is 0 Å². The topological polar surface area (TPSA) is 123 Å². The van der Waals surface area contributed by atoms with Gasteiger partial charge in [0.05, 0.1) is 11.0 Å². The van der Waals surface area contributed by atoms with E-state index in [0.29, 0.717) is 18.8 Å². The molecule has 0 aliphatic heterocycles. The lowest BCUT2D eigenvalue weighted by Gasteiger charge is -2.08. The van der Waals surface area contributed by atoms with Crippen molar-refractivity contribution < 1.29 is 14.6 Å². The Kier molecular flexibility index (Phi) is 7.89. The van der Waals surface area contributed by atoms with Gasteiger partial charge in [0.25, 0.3) is 11.5 Å². The molecule has 2 aromatic heterocycles. The summed E-state index contributed by atoms with van der Waals surface area (Å²) in [6.45, 7) is 2.90. The zero-order chi connectivity index (χ0) is 28.1. The first kappa shape index (κ1) is 26.6. The lowest BCUT2D eigenvalue weighted by atomic mass is 10.1. The first-order valence-electron chi connectivity index (χ1n) is 13.1. The third-order valence-corrected chi connectivity index (χ3v) is 6.55. The number of aromatic amines is 1. The van der Waals surface area contributed by atoms with E-state index in [1.807, 2.05) is 85.1 Å². The van der Waals surface area contributed by atoms with Crippen LogP contribution in [0.3, 0.4) is 0 Å². The molecule has 8 nitrogen and oxygen atoms in total. The summed E-state index contributed by atoms with van der Waals surface area (Å²) in [5.41, 5.74) is 10.4. The quantitative estimate of drug-likeness (QED) is 0.225. The molecule has 0 saturated heterocycles.